The molecule has 1 aromatic carbocycles. The predicted octanol–water partition coefficient (Wildman–Crippen LogP) is 1.53. The molecule has 0 amide bonds. The number of halogens is 1. The van der Waals surface area contributed by atoms with Crippen molar-refractivity contribution in [2.75, 3.05) is 31.7 Å². The van der Waals surface area contributed by atoms with Crippen LogP contribution in [0.4, 0.5) is 5.69 Å². The van der Waals surface area contributed by atoms with Crippen LogP contribution < -0.4 is 10.5 Å². The van der Waals surface area contributed by atoms with Gasteiger partial charge in [0.15, 0.2) is 17.3 Å². The summed E-state index contributed by atoms with van der Waals surface area (Å²) in [5.41, 5.74) is 0.157. The third-order valence-electron chi connectivity index (χ3n) is 4.34. The molecule has 3 N–H and O–H groups in total. The molecule has 34 heavy (non-hydrogen) atoms. The number of carbonyl (C=O) groups is 4. The summed E-state index contributed by atoms with van der Waals surface area (Å²) in [4.78, 5) is 45.9. The van der Waals surface area contributed by atoms with E-state index in [4.69, 9.17) is 30.6 Å². The molecule has 2 aromatic rings. The van der Waals surface area contributed by atoms with E-state index < -0.39 is 39.7 Å². The van der Waals surface area contributed by atoms with Crippen molar-refractivity contribution in [1.29, 1.82) is 0 Å². The molecule has 1 heterocycles. The smallest absolute Gasteiger partial charge is 0.239 e. The van der Waals surface area contributed by atoms with Gasteiger partial charge < -0.3 is 24.0 Å². The van der Waals surface area contributed by atoms with Crippen molar-refractivity contribution < 1.29 is 41.5 Å². The molecule has 11 nitrogen and oxygen atoms in total. The summed E-state index contributed by atoms with van der Waals surface area (Å²) in [7, 11) is -4.21. The summed E-state index contributed by atoms with van der Waals surface area (Å²) >= 11 is 6.03. The minimum atomic E-state index is -4.21. The van der Waals surface area contributed by atoms with E-state index in [1.807, 2.05) is 0 Å². The fraction of sp³-hybridized carbons (Fsp3) is 0.333. The van der Waals surface area contributed by atoms with Gasteiger partial charge in [0.05, 0.1) is 17.8 Å². The van der Waals surface area contributed by atoms with Gasteiger partial charge in [0.2, 0.25) is 10.0 Å². The molecule has 0 spiro atoms. The topological polar surface area (TPSA) is 172 Å². The lowest BCUT2D eigenvalue weighted by atomic mass is 10.1. The second kappa shape index (κ2) is 13.1. The average molecular weight is 515 g/mol. The fourth-order valence-corrected chi connectivity index (χ4v) is 3.82. The van der Waals surface area contributed by atoms with Gasteiger partial charge in [0.1, 0.15) is 43.4 Å². The van der Waals surface area contributed by atoms with Gasteiger partial charge in [0.25, 0.3) is 0 Å². The summed E-state index contributed by atoms with van der Waals surface area (Å²) in [5, 5.41) is 7.93. The Hall–Kier alpha value is -2.90. The van der Waals surface area contributed by atoms with Gasteiger partial charge in [0, 0.05) is 24.1 Å². The third-order valence-corrected chi connectivity index (χ3v) is 5.72. The number of primary sulfonamides is 1. The zero-order valence-corrected chi connectivity index (χ0v) is 19.5. The zero-order valence-electron chi connectivity index (χ0n) is 18.0. The summed E-state index contributed by atoms with van der Waals surface area (Å²) in [6.07, 6.45) is 1.76. The molecule has 2 rings (SSSR count). The first-order valence-electron chi connectivity index (χ1n) is 9.90. The monoisotopic (exact) mass is 514 g/mol. The van der Waals surface area contributed by atoms with Gasteiger partial charge in [-0.2, -0.15) is 0 Å². The molecular weight excluding hydrogens is 492 g/mol. The number of carbonyl (C=O) groups excluding carboxylic acids is 4. The van der Waals surface area contributed by atoms with Gasteiger partial charge >= 0.3 is 0 Å². The first-order valence-corrected chi connectivity index (χ1v) is 11.8. The second-order valence-corrected chi connectivity index (χ2v) is 8.92. The molecule has 0 saturated heterocycles. The molecule has 0 saturated carbocycles. The number of aldehydes is 1. The SMILES string of the molecule is NS(=O)(=O)c1cc(C(=O)COCC(=O)CCC(=O)COCC=O)c(NCc2ccco2)cc1Cl. The van der Waals surface area contributed by atoms with Crippen LogP contribution in [0, 0.1) is 0 Å². The quantitative estimate of drug-likeness (QED) is 0.190. The van der Waals surface area contributed by atoms with E-state index in [2.05, 4.69) is 5.32 Å². The number of furan rings is 1. The summed E-state index contributed by atoms with van der Waals surface area (Å²) in [6, 6.07) is 5.66. The molecule has 0 fully saturated rings. The summed E-state index contributed by atoms with van der Waals surface area (Å²) in [5.74, 6) is -0.850. The number of hydrogen-bond donors (Lipinski definition) is 2. The van der Waals surface area contributed by atoms with Crippen molar-refractivity contribution in [3.63, 3.8) is 0 Å². The minimum absolute atomic E-state index is 0.0602. The average Bonchev–Trinajstić information content (AvgIpc) is 3.29. The van der Waals surface area contributed by atoms with E-state index >= 15 is 0 Å². The fourth-order valence-electron chi connectivity index (χ4n) is 2.72. The van der Waals surface area contributed by atoms with Crippen molar-refractivity contribution in [2.24, 2.45) is 5.14 Å². The number of sulfonamides is 1. The van der Waals surface area contributed by atoms with E-state index in [1.54, 1.807) is 12.1 Å². The highest BCUT2D eigenvalue weighted by Crippen LogP contribution is 2.29. The first-order chi connectivity index (χ1) is 16.1. The highest BCUT2D eigenvalue weighted by Gasteiger charge is 2.21. The zero-order chi connectivity index (χ0) is 25.1. The summed E-state index contributed by atoms with van der Waals surface area (Å²) in [6.45, 7) is -1.27. The summed E-state index contributed by atoms with van der Waals surface area (Å²) < 4.78 is 38.8. The molecular formula is C21H23ClN2O9S. The number of rotatable bonds is 16. The van der Waals surface area contributed by atoms with Crippen LogP contribution in [0.3, 0.4) is 0 Å². The maximum absolute atomic E-state index is 12.7. The Morgan fingerprint density at radius 1 is 1.09 bits per heavy atom. The van der Waals surface area contributed by atoms with Crippen LogP contribution in [0.15, 0.2) is 39.8 Å². The number of Topliss-reactive ketones (excluding diaryl/α,β-unsaturated/α-hetero) is 3. The van der Waals surface area contributed by atoms with Crippen molar-refractivity contribution in [2.45, 2.75) is 24.3 Å². The van der Waals surface area contributed by atoms with Crippen LogP contribution in [-0.4, -0.2) is 58.5 Å². The van der Waals surface area contributed by atoms with Gasteiger partial charge in [-0.05, 0) is 24.3 Å². The Kier molecular flexibility index (Phi) is 10.5. The number of nitrogens with one attached hydrogen (secondary N) is 1. The van der Waals surface area contributed by atoms with Crippen LogP contribution in [0.25, 0.3) is 0 Å². The number of nitrogens with two attached hydrogens (primary N) is 1. The van der Waals surface area contributed by atoms with Gasteiger partial charge in [-0.1, -0.05) is 11.6 Å². The second-order valence-electron chi connectivity index (χ2n) is 6.98. The van der Waals surface area contributed by atoms with Crippen LogP contribution in [0.1, 0.15) is 29.0 Å². The van der Waals surface area contributed by atoms with Crippen molar-refractivity contribution in [1.82, 2.24) is 0 Å². The largest absolute Gasteiger partial charge is 0.467 e. The molecule has 0 radical (unpaired) electrons. The number of benzene rings is 1. The van der Waals surface area contributed by atoms with E-state index in [0.717, 1.165) is 6.07 Å². The molecule has 0 bridgehead atoms. The Balaban J connectivity index is 2.00. The third kappa shape index (κ3) is 8.80. The lowest BCUT2D eigenvalue weighted by molar-refractivity contribution is -0.129. The van der Waals surface area contributed by atoms with Crippen molar-refractivity contribution in [3.8, 4) is 0 Å². The maximum Gasteiger partial charge on any atom is 0.239 e. The van der Waals surface area contributed by atoms with E-state index in [0.29, 0.717) is 12.0 Å². The van der Waals surface area contributed by atoms with E-state index in [-0.39, 0.29) is 54.7 Å². The number of anilines is 1. The molecule has 184 valence electrons. The van der Waals surface area contributed by atoms with Crippen LogP contribution in [0.5, 0.6) is 0 Å². The van der Waals surface area contributed by atoms with Crippen LogP contribution in [-0.2, 0) is 40.4 Å². The Morgan fingerprint density at radius 2 is 1.76 bits per heavy atom. The molecule has 0 aliphatic rings. The first kappa shape index (κ1) is 27.3. The molecule has 0 atom stereocenters. The van der Waals surface area contributed by atoms with Gasteiger partial charge in [-0.25, -0.2) is 13.6 Å². The van der Waals surface area contributed by atoms with Crippen molar-refractivity contribution in [3.05, 3.63) is 46.9 Å². The maximum atomic E-state index is 12.7. The van der Waals surface area contributed by atoms with Gasteiger partial charge in [-0.3, -0.25) is 14.4 Å². The predicted molar refractivity (Wildman–Crippen MR) is 120 cm³/mol. The van der Waals surface area contributed by atoms with Crippen molar-refractivity contribution >= 4 is 50.9 Å². The lowest BCUT2D eigenvalue weighted by Crippen LogP contribution is -2.19. The minimum Gasteiger partial charge on any atom is -0.467 e. The Morgan fingerprint density at radius 3 is 2.35 bits per heavy atom. The lowest BCUT2D eigenvalue weighted by Gasteiger charge is -2.14. The Bertz CT molecular complexity index is 1130. The standard InChI is InChI=1S/C21H23ClN2O9S/c22-18-9-19(24-10-16-2-1-6-33-16)17(8-21(18)34(23,29)30)20(28)13-32-12-15(27)4-3-14(26)11-31-7-5-25/h1-2,5-6,8-9,24H,3-4,7,10-13H2,(H2,23,29,30). The van der Waals surface area contributed by atoms with Crippen LogP contribution >= 0.6 is 11.6 Å². The highest BCUT2D eigenvalue weighted by molar-refractivity contribution is 7.89. The molecule has 1 aromatic heterocycles. The molecule has 0 unspecified atom stereocenters. The van der Waals surface area contributed by atoms with Gasteiger partial charge in [-0.15, -0.1) is 0 Å². The Labute approximate surface area is 200 Å². The molecule has 0 aliphatic carbocycles. The van der Waals surface area contributed by atoms with E-state index in [9.17, 15) is 27.6 Å². The number of hydrogen-bond acceptors (Lipinski definition) is 10. The number of ketones is 3. The molecule has 13 heteroatoms. The van der Waals surface area contributed by atoms with Crippen LogP contribution in [0.2, 0.25) is 5.02 Å². The number of ether oxygens (including phenoxy) is 2. The highest BCUT2D eigenvalue weighted by atomic mass is 35.5. The molecule has 0 aliphatic heterocycles. The van der Waals surface area contributed by atoms with E-state index in [1.165, 1.54) is 12.3 Å². The normalized spacial score (nSPS) is 11.2.